The molecule has 3 aliphatic rings. The van der Waals surface area contributed by atoms with E-state index in [9.17, 15) is 32.7 Å². The number of carbonyl (C=O) groups excluding carboxylic acids is 2. The number of hydrogen-bond donors (Lipinski definition) is 2. The summed E-state index contributed by atoms with van der Waals surface area (Å²) in [7, 11) is 0. The Balaban J connectivity index is 1.14. The van der Waals surface area contributed by atoms with E-state index in [0.29, 0.717) is 37.8 Å². The Kier molecular flexibility index (Phi) is 10.5. The van der Waals surface area contributed by atoms with E-state index in [-0.39, 0.29) is 36.8 Å². The number of likely N-dealkylation sites (tertiary alicyclic amines) is 3. The number of phenolic OH excluding ortho intramolecular Hbond substituents is 1. The van der Waals surface area contributed by atoms with Crippen molar-refractivity contribution in [3.05, 3.63) is 69.1 Å². The van der Waals surface area contributed by atoms with Gasteiger partial charge in [0, 0.05) is 44.2 Å². The van der Waals surface area contributed by atoms with E-state index in [4.69, 9.17) is 16.3 Å². The Morgan fingerprint density at radius 1 is 0.939 bits per heavy atom. The van der Waals surface area contributed by atoms with Gasteiger partial charge in [0.2, 0.25) is 0 Å². The number of amides is 2. The molecular weight excluding hydrogens is 665 g/mol. The van der Waals surface area contributed by atoms with E-state index in [0.717, 1.165) is 56.5 Å². The van der Waals surface area contributed by atoms with Crippen molar-refractivity contribution in [1.29, 1.82) is 0 Å². The molecule has 2 aromatic carbocycles. The number of nitrogens with one attached hydrogen (secondary N) is 1. The van der Waals surface area contributed by atoms with Gasteiger partial charge >= 0.3 is 18.0 Å². The zero-order valence-corrected chi connectivity index (χ0v) is 27.8. The van der Waals surface area contributed by atoms with Crippen LogP contribution in [0.3, 0.4) is 0 Å². The molecule has 4 heterocycles. The minimum Gasteiger partial charge on any atom is -0.506 e. The molecule has 49 heavy (non-hydrogen) atoms. The predicted octanol–water partition coefficient (Wildman–Crippen LogP) is 5.48. The fraction of sp³-hybridized carbons (Fsp3) is 0.529. The van der Waals surface area contributed by atoms with Crippen LogP contribution in [0.25, 0.3) is 11.4 Å². The Morgan fingerprint density at radius 2 is 1.57 bits per heavy atom. The smallest absolute Gasteiger partial charge is 0.420 e. The number of ether oxygens (including phenoxy) is 1. The van der Waals surface area contributed by atoms with Crippen LogP contribution in [-0.2, 0) is 22.1 Å². The number of hydrogen-bond acceptors (Lipinski definition) is 7. The fourth-order valence-electron chi connectivity index (χ4n) is 7.12. The summed E-state index contributed by atoms with van der Waals surface area (Å²) in [6.07, 6.45) is -1.62. The standard InChI is InChI=1S/C34H40ClF3N6O5/c35-27-20-22(19-26(29(27)45)34(36,37)38)21-28(31(46)42-15-9-24(10-16-42)41-13-5-2-6-14-41)49-33(48)43-17-11-25(12-18-43)44-32(47)39-30(40-44)23-7-3-1-4-8-23/h1,3-4,7-8,19-20,24-25,28,45H,2,5-6,9-18,21H2,(H,39,40,47)/t28-/m1/s1. The van der Waals surface area contributed by atoms with Crippen LogP contribution in [0.4, 0.5) is 18.0 Å². The maximum Gasteiger partial charge on any atom is 0.420 e. The lowest BCUT2D eigenvalue weighted by molar-refractivity contribution is -0.142. The topological polar surface area (TPSA) is 124 Å². The summed E-state index contributed by atoms with van der Waals surface area (Å²) in [5, 5.41) is 13.9. The summed E-state index contributed by atoms with van der Waals surface area (Å²) in [6.45, 7) is 3.37. The molecule has 3 aromatic rings. The first-order chi connectivity index (χ1) is 23.5. The Bertz CT molecular complexity index is 1680. The number of halogens is 4. The molecule has 15 heteroatoms. The lowest BCUT2D eigenvalue weighted by Gasteiger charge is -2.41. The fourth-order valence-corrected chi connectivity index (χ4v) is 7.36. The largest absolute Gasteiger partial charge is 0.506 e. The second-order valence-corrected chi connectivity index (χ2v) is 13.4. The Morgan fingerprint density at radius 3 is 2.22 bits per heavy atom. The van der Waals surface area contributed by atoms with Gasteiger partial charge < -0.3 is 24.5 Å². The second-order valence-electron chi connectivity index (χ2n) is 13.0. The minimum absolute atomic E-state index is 0.00434. The van der Waals surface area contributed by atoms with Crippen LogP contribution < -0.4 is 5.69 Å². The zero-order valence-electron chi connectivity index (χ0n) is 27.0. The molecule has 264 valence electrons. The number of nitrogens with zero attached hydrogens (tertiary/aromatic N) is 5. The number of benzene rings is 2. The molecular formula is C34H40ClF3N6O5. The van der Waals surface area contributed by atoms with Crippen LogP contribution in [0.5, 0.6) is 5.75 Å². The van der Waals surface area contributed by atoms with E-state index in [1.165, 1.54) is 16.0 Å². The SMILES string of the molecule is O=C(O[C@H](Cc1cc(Cl)c(O)c(C(F)(F)F)c1)C(=O)N1CCC(N2CCCCC2)CC1)N1CCC(n2nc(-c3ccccc3)[nH]c2=O)CC1. The number of aromatic hydroxyl groups is 1. The van der Waals surface area contributed by atoms with Crippen molar-refractivity contribution >= 4 is 23.6 Å². The van der Waals surface area contributed by atoms with Gasteiger partial charge in [-0.25, -0.2) is 14.3 Å². The van der Waals surface area contributed by atoms with Crippen LogP contribution in [0.1, 0.15) is 62.1 Å². The molecule has 3 fully saturated rings. The molecule has 1 atom stereocenters. The highest BCUT2D eigenvalue weighted by Gasteiger charge is 2.38. The van der Waals surface area contributed by atoms with Crippen LogP contribution in [0.15, 0.2) is 47.3 Å². The van der Waals surface area contributed by atoms with Gasteiger partial charge in [-0.3, -0.25) is 9.78 Å². The van der Waals surface area contributed by atoms with E-state index in [1.807, 2.05) is 30.3 Å². The number of aromatic nitrogens is 3. The van der Waals surface area contributed by atoms with E-state index < -0.39 is 40.6 Å². The third-order valence-electron chi connectivity index (χ3n) is 9.81. The number of rotatable bonds is 7. The lowest BCUT2D eigenvalue weighted by Crippen LogP contribution is -2.52. The van der Waals surface area contributed by atoms with Crippen LogP contribution in [-0.4, -0.2) is 98.0 Å². The second kappa shape index (κ2) is 14.8. The number of phenols is 1. The maximum absolute atomic E-state index is 13.9. The monoisotopic (exact) mass is 704 g/mol. The van der Waals surface area contributed by atoms with E-state index in [1.54, 1.807) is 4.90 Å². The number of piperidine rings is 3. The Hall–Kier alpha value is -4.04. The van der Waals surface area contributed by atoms with Crippen molar-refractivity contribution in [2.24, 2.45) is 0 Å². The van der Waals surface area contributed by atoms with Crippen molar-refractivity contribution in [3.63, 3.8) is 0 Å². The lowest BCUT2D eigenvalue weighted by atomic mass is 9.98. The number of aromatic amines is 1. The number of carbonyl (C=O) groups is 2. The van der Waals surface area contributed by atoms with Gasteiger partial charge in [0.15, 0.2) is 11.9 Å². The van der Waals surface area contributed by atoms with Crippen LogP contribution in [0.2, 0.25) is 5.02 Å². The average molecular weight is 705 g/mol. The Labute approximate surface area is 286 Å². The van der Waals surface area contributed by atoms with Crippen molar-refractivity contribution in [1.82, 2.24) is 29.5 Å². The molecule has 3 aliphatic heterocycles. The van der Waals surface area contributed by atoms with Gasteiger partial charge in [-0.15, -0.1) is 5.10 Å². The van der Waals surface area contributed by atoms with Crippen molar-refractivity contribution in [3.8, 4) is 17.1 Å². The summed E-state index contributed by atoms with van der Waals surface area (Å²) < 4.78 is 48.2. The van der Waals surface area contributed by atoms with Crippen molar-refractivity contribution < 1.29 is 32.6 Å². The van der Waals surface area contributed by atoms with Gasteiger partial charge in [-0.05, 0) is 69.3 Å². The maximum atomic E-state index is 13.9. The molecule has 6 rings (SSSR count). The highest BCUT2D eigenvalue weighted by molar-refractivity contribution is 6.32. The van der Waals surface area contributed by atoms with Gasteiger partial charge in [0.25, 0.3) is 5.91 Å². The first-order valence-corrected chi connectivity index (χ1v) is 17.2. The molecule has 2 N–H and O–H groups in total. The molecule has 0 bridgehead atoms. The average Bonchev–Trinajstić information content (AvgIpc) is 3.51. The summed E-state index contributed by atoms with van der Waals surface area (Å²) in [4.78, 5) is 48.4. The highest BCUT2D eigenvalue weighted by Crippen LogP contribution is 2.40. The van der Waals surface area contributed by atoms with Crippen molar-refractivity contribution in [2.75, 3.05) is 39.3 Å². The summed E-state index contributed by atoms with van der Waals surface area (Å²) in [5.74, 6) is -1.15. The quantitative estimate of drug-likeness (QED) is 0.334. The highest BCUT2D eigenvalue weighted by atomic mass is 35.5. The molecule has 2 amide bonds. The molecule has 0 unspecified atom stereocenters. The van der Waals surface area contributed by atoms with Gasteiger partial charge in [0.1, 0.15) is 5.75 Å². The summed E-state index contributed by atoms with van der Waals surface area (Å²) in [6, 6.07) is 11.2. The van der Waals surface area contributed by atoms with Gasteiger partial charge in [-0.1, -0.05) is 48.4 Å². The normalized spacial score (nSPS) is 19.2. The third kappa shape index (κ3) is 8.07. The van der Waals surface area contributed by atoms with E-state index >= 15 is 0 Å². The molecule has 0 aliphatic carbocycles. The molecule has 0 saturated carbocycles. The molecule has 11 nitrogen and oxygen atoms in total. The first-order valence-electron chi connectivity index (χ1n) is 16.8. The minimum atomic E-state index is -4.89. The van der Waals surface area contributed by atoms with E-state index in [2.05, 4.69) is 15.0 Å². The third-order valence-corrected chi connectivity index (χ3v) is 10.1. The summed E-state index contributed by atoms with van der Waals surface area (Å²) >= 11 is 5.97. The van der Waals surface area contributed by atoms with Gasteiger partial charge in [-0.2, -0.15) is 13.2 Å². The number of alkyl halides is 3. The van der Waals surface area contributed by atoms with Crippen LogP contribution >= 0.6 is 11.6 Å². The zero-order chi connectivity index (χ0) is 34.7. The molecule has 1 aromatic heterocycles. The number of H-pyrrole nitrogens is 1. The molecule has 3 saturated heterocycles. The van der Waals surface area contributed by atoms with Gasteiger partial charge in [0.05, 0.1) is 16.6 Å². The van der Waals surface area contributed by atoms with Crippen molar-refractivity contribution in [2.45, 2.75) is 75.7 Å². The molecule has 0 radical (unpaired) electrons. The first kappa shape index (κ1) is 34.8. The van der Waals surface area contributed by atoms with Crippen LogP contribution in [0, 0.1) is 0 Å². The predicted molar refractivity (Wildman–Crippen MR) is 175 cm³/mol. The summed E-state index contributed by atoms with van der Waals surface area (Å²) in [5.41, 5.74) is -0.931. The molecule has 0 spiro atoms.